The fraction of sp³-hybridized carbons (Fsp3) is 0.905. The second-order valence-corrected chi connectivity index (χ2v) is 8.58. The van der Waals surface area contributed by atoms with Crippen molar-refractivity contribution in [3.05, 3.63) is 0 Å². The molecule has 1 aliphatic carbocycles. The second-order valence-electron chi connectivity index (χ2n) is 8.58. The van der Waals surface area contributed by atoms with Crippen LogP contribution in [0.3, 0.4) is 0 Å². The summed E-state index contributed by atoms with van der Waals surface area (Å²) in [5, 5.41) is 0. The van der Waals surface area contributed by atoms with Crippen LogP contribution in [0.5, 0.6) is 0 Å². The summed E-state index contributed by atoms with van der Waals surface area (Å²) >= 11 is 0. The van der Waals surface area contributed by atoms with Crippen LogP contribution in [-0.4, -0.2) is 37.7 Å². The van der Waals surface area contributed by atoms with Crippen LogP contribution in [0, 0.1) is 17.3 Å². The first-order chi connectivity index (χ1) is 12.8. The summed E-state index contributed by atoms with van der Waals surface area (Å²) in [7, 11) is 0. The van der Waals surface area contributed by atoms with E-state index in [0.717, 1.165) is 32.1 Å². The molecule has 6 nitrogen and oxygen atoms in total. The van der Waals surface area contributed by atoms with E-state index in [1.807, 2.05) is 6.92 Å². The minimum absolute atomic E-state index is 0.110. The summed E-state index contributed by atoms with van der Waals surface area (Å²) in [6.45, 7) is 7.25. The highest BCUT2D eigenvalue weighted by Gasteiger charge is 2.33. The molecule has 1 rings (SSSR count). The fourth-order valence-electron chi connectivity index (χ4n) is 3.93. The van der Waals surface area contributed by atoms with Crippen LogP contribution in [0.25, 0.3) is 0 Å². The molecule has 0 aromatic heterocycles. The molecule has 1 saturated carbocycles. The first kappa shape index (κ1) is 23.9. The average molecular weight is 385 g/mol. The smallest absolute Gasteiger partial charge is 0.306 e. The molecule has 6 heteroatoms. The summed E-state index contributed by atoms with van der Waals surface area (Å²) in [6.07, 6.45) is 7.22. The van der Waals surface area contributed by atoms with E-state index in [1.165, 1.54) is 6.42 Å². The van der Waals surface area contributed by atoms with Crippen molar-refractivity contribution in [3.63, 3.8) is 0 Å². The number of hydrogen-bond acceptors (Lipinski definition) is 6. The van der Waals surface area contributed by atoms with Crippen LogP contribution < -0.4 is 11.5 Å². The van der Waals surface area contributed by atoms with Gasteiger partial charge in [-0.25, -0.2) is 0 Å². The SMILES string of the molecule is CCC(COC(=O)CC1(CN)CCCCC1)OC(=O)C[C@@H](CN)CC(C)C. The van der Waals surface area contributed by atoms with E-state index in [0.29, 0.717) is 38.3 Å². The number of nitrogens with two attached hydrogens (primary N) is 2. The van der Waals surface area contributed by atoms with Gasteiger partial charge in [-0.05, 0) is 56.0 Å². The number of carbonyl (C=O) groups excluding carboxylic acids is 2. The summed E-state index contributed by atoms with van der Waals surface area (Å²) in [5.41, 5.74) is 11.6. The molecule has 0 bridgehead atoms. The van der Waals surface area contributed by atoms with Gasteiger partial charge < -0.3 is 20.9 Å². The second kappa shape index (κ2) is 12.3. The Bertz CT molecular complexity index is 447. The van der Waals surface area contributed by atoms with E-state index in [9.17, 15) is 9.59 Å². The highest BCUT2D eigenvalue weighted by Crippen LogP contribution is 2.38. The van der Waals surface area contributed by atoms with Crippen LogP contribution in [0.2, 0.25) is 0 Å². The Morgan fingerprint density at radius 1 is 1.07 bits per heavy atom. The van der Waals surface area contributed by atoms with Crippen LogP contribution >= 0.6 is 0 Å². The quantitative estimate of drug-likeness (QED) is 0.501. The van der Waals surface area contributed by atoms with E-state index in [1.54, 1.807) is 0 Å². The molecule has 27 heavy (non-hydrogen) atoms. The van der Waals surface area contributed by atoms with Gasteiger partial charge in [-0.2, -0.15) is 0 Å². The van der Waals surface area contributed by atoms with Gasteiger partial charge in [0.15, 0.2) is 0 Å². The molecule has 0 amide bonds. The molecule has 0 radical (unpaired) electrons. The van der Waals surface area contributed by atoms with Crippen LogP contribution in [-0.2, 0) is 19.1 Å². The molecule has 0 aliphatic heterocycles. The lowest BCUT2D eigenvalue weighted by atomic mass is 9.72. The van der Waals surface area contributed by atoms with Crippen molar-refractivity contribution in [2.75, 3.05) is 19.7 Å². The molecule has 158 valence electrons. The lowest BCUT2D eigenvalue weighted by molar-refractivity contribution is -0.161. The zero-order valence-corrected chi connectivity index (χ0v) is 17.5. The molecule has 0 spiro atoms. The molecule has 1 unspecified atom stereocenters. The summed E-state index contributed by atoms with van der Waals surface area (Å²) in [4.78, 5) is 24.5. The highest BCUT2D eigenvalue weighted by molar-refractivity contribution is 5.71. The van der Waals surface area contributed by atoms with E-state index in [4.69, 9.17) is 20.9 Å². The monoisotopic (exact) mass is 384 g/mol. The molecule has 0 aromatic carbocycles. The normalized spacial score (nSPS) is 18.7. The largest absolute Gasteiger partial charge is 0.462 e. The minimum atomic E-state index is -0.404. The van der Waals surface area contributed by atoms with Gasteiger partial charge in [0.1, 0.15) is 12.7 Å². The van der Waals surface area contributed by atoms with Crippen molar-refractivity contribution in [1.29, 1.82) is 0 Å². The van der Waals surface area contributed by atoms with Gasteiger partial charge in [0.25, 0.3) is 0 Å². The summed E-state index contributed by atoms with van der Waals surface area (Å²) in [6, 6.07) is 0. The third-order valence-electron chi connectivity index (χ3n) is 5.64. The highest BCUT2D eigenvalue weighted by atomic mass is 16.6. The van der Waals surface area contributed by atoms with Gasteiger partial charge in [-0.15, -0.1) is 0 Å². The van der Waals surface area contributed by atoms with Gasteiger partial charge >= 0.3 is 11.9 Å². The lowest BCUT2D eigenvalue weighted by Gasteiger charge is -2.35. The maximum absolute atomic E-state index is 12.3. The van der Waals surface area contributed by atoms with Crippen LogP contribution in [0.1, 0.15) is 78.6 Å². The summed E-state index contributed by atoms with van der Waals surface area (Å²) in [5.74, 6) is 0.119. The Kier molecular flexibility index (Phi) is 10.9. The Morgan fingerprint density at radius 2 is 1.74 bits per heavy atom. The fourth-order valence-corrected chi connectivity index (χ4v) is 3.93. The van der Waals surface area contributed by atoms with Crippen LogP contribution in [0.15, 0.2) is 0 Å². The van der Waals surface area contributed by atoms with Crippen molar-refractivity contribution < 1.29 is 19.1 Å². The number of hydrogen-bond donors (Lipinski definition) is 2. The minimum Gasteiger partial charge on any atom is -0.462 e. The molecule has 2 atom stereocenters. The average Bonchev–Trinajstić information content (AvgIpc) is 2.64. The van der Waals surface area contributed by atoms with Crippen molar-refractivity contribution >= 4 is 11.9 Å². The van der Waals surface area contributed by atoms with Gasteiger partial charge in [0.2, 0.25) is 0 Å². The third kappa shape index (κ3) is 9.06. The van der Waals surface area contributed by atoms with Gasteiger partial charge in [0.05, 0.1) is 6.42 Å². The topological polar surface area (TPSA) is 105 Å². The van der Waals surface area contributed by atoms with E-state index in [-0.39, 0.29) is 29.9 Å². The van der Waals surface area contributed by atoms with Crippen molar-refractivity contribution in [1.82, 2.24) is 0 Å². The zero-order valence-electron chi connectivity index (χ0n) is 17.5. The van der Waals surface area contributed by atoms with Gasteiger partial charge in [-0.3, -0.25) is 9.59 Å². The molecular weight excluding hydrogens is 344 g/mol. The Labute approximate surface area is 164 Å². The zero-order chi connectivity index (χ0) is 20.3. The van der Waals surface area contributed by atoms with Crippen molar-refractivity contribution in [2.24, 2.45) is 28.7 Å². The Morgan fingerprint density at radius 3 is 2.26 bits per heavy atom. The predicted octanol–water partition coefficient (Wildman–Crippen LogP) is 3.16. The first-order valence-electron chi connectivity index (χ1n) is 10.6. The summed E-state index contributed by atoms with van der Waals surface area (Å²) < 4.78 is 10.9. The van der Waals surface area contributed by atoms with E-state index >= 15 is 0 Å². The molecule has 0 aromatic rings. The lowest BCUT2D eigenvalue weighted by Crippen LogP contribution is -2.36. The molecule has 1 aliphatic rings. The molecule has 1 fully saturated rings. The number of ether oxygens (including phenoxy) is 2. The number of carbonyl (C=O) groups is 2. The number of esters is 2. The predicted molar refractivity (Wildman–Crippen MR) is 107 cm³/mol. The molecule has 0 heterocycles. The van der Waals surface area contributed by atoms with Gasteiger partial charge in [-0.1, -0.05) is 40.0 Å². The van der Waals surface area contributed by atoms with Crippen molar-refractivity contribution in [2.45, 2.75) is 84.7 Å². The first-order valence-corrected chi connectivity index (χ1v) is 10.6. The van der Waals surface area contributed by atoms with Gasteiger partial charge in [0, 0.05) is 6.42 Å². The van der Waals surface area contributed by atoms with E-state index < -0.39 is 6.10 Å². The Hall–Kier alpha value is -1.14. The van der Waals surface area contributed by atoms with Crippen LogP contribution in [0.4, 0.5) is 0 Å². The van der Waals surface area contributed by atoms with E-state index in [2.05, 4.69) is 13.8 Å². The number of rotatable bonds is 12. The molecule has 4 N–H and O–H groups in total. The van der Waals surface area contributed by atoms with Crippen molar-refractivity contribution in [3.8, 4) is 0 Å². The standard InChI is InChI=1S/C21H40N2O4/c1-4-18(27-19(24)11-17(13-22)10-16(2)3)14-26-20(25)12-21(15-23)8-6-5-7-9-21/h16-18H,4-15,22-23H2,1-3H3/t17-,18?/m0/s1. The third-order valence-corrected chi connectivity index (χ3v) is 5.64. The maximum atomic E-state index is 12.3. The Balaban J connectivity index is 2.41. The molecular formula is C21H40N2O4. The molecule has 0 saturated heterocycles. The maximum Gasteiger partial charge on any atom is 0.306 e.